The van der Waals surface area contributed by atoms with Crippen molar-refractivity contribution in [2.24, 2.45) is 0 Å². The lowest BCUT2D eigenvalue weighted by Gasteiger charge is -1.97. The number of thioether (sulfide) groups is 1. The van der Waals surface area contributed by atoms with Gasteiger partial charge in [0.15, 0.2) is 0 Å². The van der Waals surface area contributed by atoms with E-state index in [9.17, 15) is 0 Å². The molecule has 0 aromatic carbocycles. The molecule has 0 rings (SSSR count). The molecule has 0 aliphatic heterocycles. The molecule has 0 N–H and O–H groups in total. The summed E-state index contributed by atoms with van der Waals surface area (Å²) in [4.78, 5) is 1.27. The van der Waals surface area contributed by atoms with E-state index >= 15 is 0 Å². The van der Waals surface area contributed by atoms with Crippen LogP contribution in [0.15, 0.2) is 22.5 Å². The van der Waals surface area contributed by atoms with Gasteiger partial charge in [0.1, 0.15) is 0 Å². The normalized spacial score (nSPS) is 9.10. The average Bonchev–Trinajstić information content (AvgIpc) is 1.85. The predicted octanol–water partition coefficient (Wildman–Crippen LogP) is 3.96. The monoisotopic (exact) mass is 156 g/mol. The minimum Gasteiger partial charge on any atom is -0.103 e. The maximum atomic E-state index is 3.93. The summed E-state index contributed by atoms with van der Waals surface area (Å²) in [5.74, 6) is 0. The quantitative estimate of drug-likeness (QED) is 0.593. The molecule has 0 unspecified atom stereocenters. The Morgan fingerprint density at radius 2 is 2.10 bits per heavy atom. The number of hydrogen-bond donors (Lipinski definition) is 0. The Morgan fingerprint density at radius 1 is 1.50 bits per heavy atom. The van der Waals surface area contributed by atoms with Crippen LogP contribution in [-0.2, 0) is 0 Å². The van der Waals surface area contributed by atoms with Gasteiger partial charge in [-0.2, -0.15) is 0 Å². The van der Waals surface area contributed by atoms with Gasteiger partial charge in [0.25, 0.3) is 0 Å². The molecule has 0 aliphatic rings. The highest BCUT2D eigenvalue weighted by Gasteiger charge is 1.88. The van der Waals surface area contributed by atoms with Crippen molar-refractivity contribution >= 4 is 11.8 Å². The van der Waals surface area contributed by atoms with Crippen LogP contribution in [-0.4, -0.2) is 0 Å². The molecule has 10 heavy (non-hydrogen) atoms. The zero-order valence-electron chi connectivity index (χ0n) is 7.11. The summed E-state index contributed by atoms with van der Waals surface area (Å²) in [5, 5.41) is 2.15. The highest BCUT2D eigenvalue weighted by molar-refractivity contribution is 8.05. The average molecular weight is 156 g/mol. The standard InChI is InChI=1S/C9H16S/c1-5-6-9(4)10-7-8(2)3/h7H,4-6H2,1-3H3. The van der Waals surface area contributed by atoms with Crippen LogP contribution < -0.4 is 0 Å². The van der Waals surface area contributed by atoms with Crippen molar-refractivity contribution in [2.75, 3.05) is 0 Å². The molecule has 58 valence electrons. The van der Waals surface area contributed by atoms with E-state index in [1.165, 1.54) is 16.9 Å². The van der Waals surface area contributed by atoms with Crippen LogP contribution in [0.3, 0.4) is 0 Å². The summed E-state index contributed by atoms with van der Waals surface area (Å²) in [5.41, 5.74) is 1.35. The first-order chi connectivity index (χ1) is 4.66. The zero-order valence-corrected chi connectivity index (χ0v) is 7.92. The van der Waals surface area contributed by atoms with Gasteiger partial charge in [-0.15, -0.1) is 11.8 Å². The summed E-state index contributed by atoms with van der Waals surface area (Å²) in [6, 6.07) is 0. The van der Waals surface area contributed by atoms with Crippen LogP contribution in [0, 0.1) is 0 Å². The largest absolute Gasteiger partial charge is 0.103 e. The SMILES string of the molecule is C=C(CCC)SC=C(C)C. The van der Waals surface area contributed by atoms with E-state index < -0.39 is 0 Å². The van der Waals surface area contributed by atoms with Crippen molar-refractivity contribution in [3.8, 4) is 0 Å². The second kappa shape index (κ2) is 5.60. The molecule has 0 aromatic rings. The van der Waals surface area contributed by atoms with Gasteiger partial charge in [0.2, 0.25) is 0 Å². The third-order valence-electron chi connectivity index (χ3n) is 0.990. The van der Waals surface area contributed by atoms with E-state index in [1.807, 2.05) is 0 Å². The highest BCUT2D eigenvalue weighted by Crippen LogP contribution is 2.20. The Morgan fingerprint density at radius 3 is 2.50 bits per heavy atom. The number of allylic oxidation sites excluding steroid dienone is 2. The van der Waals surface area contributed by atoms with Crippen molar-refractivity contribution in [2.45, 2.75) is 33.6 Å². The second-order valence-corrected chi connectivity index (χ2v) is 3.65. The summed E-state index contributed by atoms with van der Waals surface area (Å²) in [7, 11) is 0. The molecule has 0 bridgehead atoms. The molecule has 0 saturated carbocycles. The van der Waals surface area contributed by atoms with Crippen LogP contribution in [0.4, 0.5) is 0 Å². The lowest BCUT2D eigenvalue weighted by Crippen LogP contribution is -1.70. The molecule has 0 amide bonds. The Labute approximate surface area is 68.4 Å². The lowest BCUT2D eigenvalue weighted by molar-refractivity contribution is 0.951. The Kier molecular flexibility index (Phi) is 5.51. The molecule has 0 aromatic heterocycles. The van der Waals surface area contributed by atoms with Crippen molar-refractivity contribution in [3.05, 3.63) is 22.5 Å². The van der Waals surface area contributed by atoms with Crippen LogP contribution in [0.5, 0.6) is 0 Å². The molecule has 0 atom stereocenters. The molecule has 1 heteroatoms. The van der Waals surface area contributed by atoms with Gasteiger partial charge in [0, 0.05) is 0 Å². The Balaban J connectivity index is 3.49. The fourth-order valence-corrected chi connectivity index (χ4v) is 1.26. The maximum absolute atomic E-state index is 3.93. The second-order valence-electron chi connectivity index (χ2n) is 2.60. The van der Waals surface area contributed by atoms with Crippen molar-refractivity contribution in [1.29, 1.82) is 0 Å². The molecule has 0 fully saturated rings. The molecule has 0 aliphatic carbocycles. The van der Waals surface area contributed by atoms with Crippen molar-refractivity contribution in [3.63, 3.8) is 0 Å². The van der Waals surface area contributed by atoms with Crippen LogP contribution in [0.25, 0.3) is 0 Å². The molecule has 0 nitrogen and oxygen atoms in total. The van der Waals surface area contributed by atoms with E-state index in [1.54, 1.807) is 11.8 Å². The van der Waals surface area contributed by atoms with Crippen molar-refractivity contribution < 1.29 is 0 Å². The minimum atomic E-state index is 1.13. The van der Waals surface area contributed by atoms with Gasteiger partial charge < -0.3 is 0 Å². The predicted molar refractivity (Wildman–Crippen MR) is 51.1 cm³/mol. The van der Waals surface area contributed by atoms with Crippen LogP contribution in [0.2, 0.25) is 0 Å². The third kappa shape index (κ3) is 5.96. The summed E-state index contributed by atoms with van der Waals surface area (Å²) < 4.78 is 0. The molecular formula is C9H16S. The molecule has 0 radical (unpaired) electrons. The van der Waals surface area contributed by atoms with Crippen LogP contribution in [0.1, 0.15) is 33.6 Å². The molecular weight excluding hydrogens is 140 g/mol. The molecule has 0 spiro atoms. The molecule has 0 saturated heterocycles. The van der Waals surface area contributed by atoms with Gasteiger partial charge in [-0.1, -0.05) is 25.5 Å². The fourth-order valence-electron chi connectivity index (χ4n) is 0.539. The Hall–Kier alpha value is -0.170. The van der Waals surface area contributed by atoms with E-state index in [-0.39, 0.29) is 0 Å². The van der Waals surface area contributed by atoms with Gasteiger partial charge >= 0.3 is 0 Å². The van der Waals surface area contributed by atoms with Crippen LogP contribution >= 0.6 is 11.8 Å². The smallest absolute Gasteiger partial charge is 0.0180 e. The summed E-state index contributed by atoms with van der Waals surface area (Å²) >= 11 is 1.75. The van der Waals surface area contributed by atoms with E-state index in [0.29, 0.717) is 0 Å². The number of hydrogen-bond acceptors (Lipinski definition) is 1. The van der Waals surface area contributed by atoms with E-state index in [4.69, 9.17) is 0 Å². The molecule has 0 heterocycles. The van der Waals surface area contributed by atoms with Gasteiger partial charge in [0.05, 0.1) is 0 Å². The van der Waals surface area contributed by atoms with Gasteiger partial charge in [-0.05, 0) is 30.6 Å². The summed E-state index contributed by atoms with van der Waals surface area (Å²) in [6.07, 6.45) is 2.33. The highest BCUT2D eigenvalue weighted by atomic mass is 32.2. The zero-order chi connectivity index (χ0) is 7.98. The maximum Gasteiger partial charge on any atom is -0.0180 e. The lowest BCUT2D eigenvalue weighted by atomic mass is 10.3. The fraction of sp³-hybridized carbons (Fsp3) is 0.556. The first-order valence-corrected chi connectivity index (χ1v) is 4.52. The minimum absolute atomic E-state index is 1.13. The first-order valence-electron chi connectivity index (χ1n) is 3.64. The Bertz CT molecular complexity index is 130. The van der Waals surface area contributed by atoms with Crippen molar-refractivity contribution in [1.82, 2.24) is 0 Å². The van der Waals surface area contributed by atoms with Gasteiger partial charge in [-0.3, -0.25) is 0 Å². The van der Waals surface area contributed by atoms with E-state index in [2.05, 4.69) is 32.8 Å². The third-order valence-corrected chi connectivity index (χ3v) is 2.12. The number of rotatable bonds is 4. The van der Waals surface area contributed by atoms with Gasteiger partial charge in [-0.25, -0.2) is 0 Å². The first kappa shape index (κ1) is 9.83. The topological polar surface area (TPSA) is 0 Å². The summed E-state index contributed by atoms with van der Waals surface area (Å²) in [6.45, 7) is 10.3. The van der Waals surface area contributed by atoms with E-state index in [0.717, 1.165) is 6.42 Å².